The molecule has 0 aliphatic rings. The minimum Gasteiger partial charge on any atom is -0.356 e. The first-order chi connectivity index (χ1) is 13.2. The van der Waals surface area contributed by atoms with E-state index in [2.05, 4.69) is 39.7 Å². The van der Waals surface area contributed by atoms with Crippen molar-refractivity contribution in [3.63, 3.8) is 0 Å². The van der Waals surface area contributed by atoms with E-state index < -0.39 is 0 Å². The highest BCUT2D eigenvalue weighted by Gasteiger charge is 2.07. The smallest absolute Gasteiger partial charge is 0.193 e. The number of hydrogen-bond donors (Lipinski definition) is 1. The van der Waals surface area contributed by atoms with Crippen LogP contribution in [-0.2, 0) is 13.0 Å². The largest absolute Gasteiger partial charge is 0.356 e. The lowest BCUT2D eigenvalue weighted by Gasteiger charge is -2.22. The second kappa shape index (κ2) is 10.8. The molecule has 0 spiro atoms. The van der Waals surface area contributed by atoms with Crippen molar-refractivity contribution in [2.45, 2.75) is 13.0 Å². The van der Waals surface area contributed by atoms with Crippen LogP contribution >= 0.6 is 24.0 Å². The molecule has 148 valence electrons. The molecule has 0 aliphatic heterocycles. The Kier molecular flexibility index (Phi) is 8.43. The molecule has 3 rings (SSSR count). The van der Waals surface area contributed by atoms with Gasteiger partial charge in [-0.1, -0.05) is 24.3 Å². The summed E-state index contributed by atoms with van der Waals surface area (Å²) in [4.78, 5) is 6.29. The van der Waals surface area contributed by atoms with E-state index in [1.165, 1.54) is 11.6 Å². The average molecular weight is 493 g/mol. The van der Waals surface area contributed by atoms with Crippen LogP contribution in [-0.4, -0.2) is 41.3 Å². The van der Waals surface area contributed by atoms with Gasteiger partial charge in [0.25, 0.3) is 0 Å². The van der Waals surface area contributed by atoms with E-state index in [1.54, 1.807) is 25.4 Å². The first-order valence-corrected chi connectivity index (χ1v) is 8.91. The van der Waals surface area contributed by atoms with Crippen molar-refractivity contribution in [1.82, 2.24) is 20.0 Å². The summed E-state index contributed by atoms with van der Waals surface area (Å²) in [5.74, 6) is 0.565. The number of aromatic nitrogens is 2. The van der Waals surface area contributed by atoms with Gasteiger partial charge in [0.2, 0.25) is 0 Å². The molecule has 0 bridgehead atoms. The van der Waals surface area contributed by atoms with Crippen molar-refractivity contribution in [2.75, 3.05) is 20.6 Å². The molecule has 0 saturated heterocycles. The molecule has 1 heterocycles. The first-order valence-electron chi connectivity index (χ1n) is 8.91. The molecular weight excluding hydrogens is 468 g/mol. The average Bonchev–Trinajstić information content (AvgIpc) is 3.20. The summed E-state index contributed by atoms with van der Waals surface area (Å²) in [5.41, 5.74) is 3.19. The van der Waals surface area contributed by atoms with Crippen LogP contribution in [0.5, 0.6) is 0 Å². The van der Waals surface area contributed by atoms with Gasteiger partial charge in [0.1, 0.15) is 5.82 Å². The monoisotopic (exact) mass is 493 g/mol. The molecule has 7 heteroatoms. The standard InChI is InChI=1S/C21H24FN5.HI/c1-23-21(26(2)16-18-5-3-6-19(22)15-18)24-13-11-17-7-9-20(10-8-17)27-14-4-12-25-27;/h3-10,12,14-15H,11,13,16H2,1-2H3,(H,23,24);1H. The Hall–Kier alpha value is -2.42. The van der Waals surface area contributed by atoms with Crippen LogP contribution in [0.25, 0.3) is 5.69 Å². The molecular formula is C21H25FIN5. The Morgan fingerprint density at radius 3 is 2.57 bits per heavy atom. The highest BCUT2D eigenvalue weighted by Crippen LogP contribution is 2.09. The lowest BCUT2D eigenvalue weighted by atomic mass is 10.1. The van der Waals surface area contributed by atoms with E-state index in [9.17, 15) is 4.39 Å². The fourth-order valence-electron chi connectivity index (χ4n) is 2.92. The molecule has 1 N–H and O–H groups in total. The first kappa shape index (κ1) is 21.9. The maximum Gasteiger partial charge on any atom is 0.193 e. The number of aliphatic imine (C=N–C) groups is 1. The number of rotatable bonds is 6. The molecule has 0 unspecified atom stereocenters. The summed E-state index contributed by atoms with van der Waals surface area (Å²) in [6.07, 6.45) is 4.57. The molecule has 0 atom stereocenters. The third kappa shape index (κ3) is 6.05. The van der Waals surface area contributed by atoms with Crippen LogP contribution in [0.15, 0.2) is 72.0 Å². The summed E-state index contributed by atoms with van der Waals surface area (Å²) in [5, 5.41) is 7.59. The van der Waals surface area contributed by atoms with Crippen LogP contribution in [0.3, 0.4) is 0 Å². The third-order valence-corrected chi connectivity index (χ3v) is 4.28. The van der Waals surface area contributed by atoms with Crippen molar-refractivity contribution >= 4 is 29.9 Å². The molecule has 3 aromatic rings. The highest BCUT2D eigenvalue weighted by molar-refractivity contribution is 14.0. The Labute approximate surface area is 182 Å². The zero-order valence-corrected chi connectivity index (χ0v) is 18.4. The van der Waals surface area contributed by atoms with E-state index in [0.29, 0.717) is 6.54 Å². The van der Waals surface area contributed by atoms with Gasteiger partial charge in [0, 0.05) is 39.6 Å². The summed E-state index contributed by atoms with van der Waals surface area (Å²) in [6, 6.07) is 16.9. The molecule has 0 amide bonds. The molecule has 0 saturated carbocycles. The summed E-state index contributed by atoms with van der Waals surface area (Å²) >= 11 is 0. The quantitative estimate of drug-likeness (QED) is 0.322. The fraction of sp³-hybridized carbons (Fsp3) is 0.238. The van der Waals surface area contributed by atoms with Crippen LogP contribution in [0.1, 0.15) is 11.1 Å². The maximum absolute atomic E-state index is 13.3. The van der Waals surface area contributed by atoms with Crippen molar-refractivity contribution in [3.05, 3.63) is 83.9 Å². The zero-order valence-electron chi connectivity index (χ0n) is 16.0. The minimum atomic E-state index is -0.220. The van der Waals surface area contributed by atoms with Gasteiger partial charge in [0.05, 0.1) is 5.69 Å². The van der Waals surface area contributed by atoms with Gasteiger partial charge in [0.15, 0.2) is 5.96 Å². The molecule has 28 heavy (non-hydrogen) atoms. The van der Waals surface area contributed by atoms with Crippen LogP contribution < -0.4 is 5.32 Å². The second-order valence-electron chi connectivity index (χ2n) is 6.33. The van der Waals surface area contributed by atoms with E-state index in [-0.39, 0.29) is 29.8 Å². The Bertz CT molecular complexity index is 878. The third-order valence-electron chi connectivity index (χ3n) is 4.28. The van der Waals surface area contributed by atoms with Gasteiger partial charge < -0.3 is 10.2 Å². The normalized spacial score (nSPS) is 11.0. The Morgan fingerprint density at radius 2 is 1.93 bits per heavy atom. The number of nitrogens with one attached hydrogen (secondary N) is 1. The summed E-state index contributed by atoms with van der Waals surface area (Å²) in [6.45, 7) is 1.36. The fourth-order valence-corrected chi connectivity index (χ4v) is 2.92. The molecule has 0 radical (unpaired) electrons. The van der Waals surface area contributed by atoms with Crippen molar-refractivity contribution in [3.8, 4) is 5.69 Å². The van der Waals surface area contributed by atoms with Gasteiger partial charge >= 0.3 is 0 Å². The van der Waals surface area contributed by atoms with E-state index >= 15 is 0 Å². The van der Waals surface area contributed by atoms with Crippen molar-refractivity contribution in [1.29, 1.82) is 0 Å². The van der Waals surface area contributed by atoms with Crippen molar-refractivity contribution < 1.29 is 4.39 Å². The lowest BCUT2D eigenvalue weighted by Crippen LogP contribution is -2.39. The van der Waals surface area contributed by atoms with Gasteiger partial charge in [-0.05, 0) is 47.9 Å². The number of hydrogen-bond acceptors (Lipinski definition) is 2. The summed E-state index contributed by atoms with van der Waals surface area (Å²) in [7, 11) is 3.70. The predicted octanol–water partition coefficient (Wildman–Crippen LogP) is 3.88. The number of benzene rings is 2. The van der Waals surface area contributed by atoms with E-state index in [0.717, 1.165) is 30.2 Å². The van der Waals surface area contributed by atoms with E-state index in [1.807, 2.05) is 35.0 Å². The molecule has 1 aromatic heterocycles. The Balaban J connectivity index is 0.00000280. The van der Waals surface area contributed by atoms with Gasteiger partial charge in [-0.15, -0.1) is 24.0 Å². The number of guanidine groups is 1. The lowest BCUT2D eigenvalue weighted by molar-refractivity contribution is 0.475. The zero-order chi connectivity index (χ0) is 19.1. The van der Waals surface area contributed by atoms with Gasteiger partial charge in [-0.25, -0.2) is 9.07 Å². The molecule has 0 fully saturated rings. The number of nitrogens with zero attached hydrogens (tertiary/aromatic N) is 4. The van der Waals surface area contributed by atoms with Crippen LogP contribution in [0.2, 0.25) is 0 Å². The highest BCUT2D eigenvalue weighted by atomic mass is 127. The molecule has 0 aliphatic carbocycles. The van der Waals surface area contributed by atoms with Gasteiger partial charge in [-0.2, -0.15) is 5.10 Å². The number of halogens is 2. The van der Waals surface area contributed by atoms with E-state index in [4.69, 9.17) is 0 Å². The summed E-state index contributed by atoms with van der Waals surface area (Å²) < 4.78 is 15.2. The second-order valence-corrected chi connectivity index (χ2v) is 6.33. The molecule has 2 aromatic carbocycles. The molecule has 5 nitrogen and oxygen atoms in total. The van der Waals surface area contributed by atoms with Crippen LogP contribution in [0.4, 0.5) is 4.39 Å². The van der Waals surface area contributed by atoms with Crippen LogP contribution in [0, 0.1) is 5.82 Å². The van der Waals surface area contributed by atoms with Gasteiger partial charge in [-0.3, -0.25) is 4.99 Å². The minimum absolute atomic E-state index is 0. The van der Waals surface area contributed by atoms with Crippen molar-refractivity contribution in [2.24, 2.45) is 4.99 Å². The Morgan fingerprint density at radius 1 is 1.14 bits per heavy atom. The maximum atomic E-state index is 13.3. The SMILES string of the molecule is CN=C(NCCc1ccc(-n2cccn2)cc1)N(C)Cc1cccc(F)c1.I. The topological polar surface area (TPSA) is 45.5 Å². The predicted molar refractivity (Wildman–Crippen MR) is 122 cm³/mol.